The second kappa shape index (κ2) is 5.51. The van der Waals surface area contributed by atoms with Gasteiger partial charge >= 0.3 is 7.12 Å². The van der Waals surface area contributed by atoms with Crippen LogP contribution in [0.4, 0.5) is 0 Å². The summed E-state index contributed by atoms with van der Waals surface area (Å²) in [7, 11) is -0.345. The standard InChI is InChI=1S/C19H28BClO2/c1-13-11-14(19(6)9-7-8-10-19)16(21)12-15(13)20-22-17(2,3)18(4,5)23-20/h11-12H,7-10H2,1-6H3. The summed E-state index contributed by atoms with van der Waals surface area (Å²) in [6.45, 7) is 12.8. The Morgan fingerprint density at radius 3 is 2.00 bits per heavy atom. The number of halogens is 1. The minimum Gasteiger partial charge on any atom is -0.399 e. The molecule has 2 nitrogen and oxygen atoms in total. The third kappa shape index (κ3) is 2.85. The fraction of sp³-hybridized carbons (Fsp3) is 0.684. The van der Waals surface area contributed by atoms with Crippen molar-refractivity contribution in [1.29, 1.82) is 0 Å². The molecule has 1 saturated heterocycles. The molecule has 2 fully saturated rings. The fourth-order valence-corrected chi connectivity index (χ4v) is 4.21. The number of hydrogen-bond acceptors (Lipinski definition) is 2. The SMILES string of the molecule is Cc1cc(C2(C)CCCC2)c(Cl)cc1B1OC(C)(C)C(C)(C)O1. The van der Waals surface area contributed by atoms with Crippen LogP contribution < -0.4 is 5.46 Å². The van der Waals surface area contributed by atoms with Gasteiger partial charge in [-0.1, -0.05) is 43.0 Å². The zero-order valence-corrected chi connectivity index (χ0v) is 16.0. The molecule has 0 unspecified atom stereocenters. The number of rotatable bonds is 2. The van der Waals surface area contributed by atoms with Crippen LogP contribution in [-0.2, 0) is 14.7 Å². The quantitative estimate of drug-likeness (QED) is 0.725. The predicted octanol–water partition coefficient (Wildman–Crippen LogP) is 4.78. The first-order valence-electron chi connectivity index (χ1n) is 8.72. The molecule has 1 aromatic rings. The van der Waals surface area contributed by atoms with Gasteiger partial charge in [0.1, 0.15) is 0 Å². The third-order valence-electron chi connectivity index (χ3n) is 6.22. The summed E-state index contributed by atoms with van der Waals surface area (Å²) >= 11 is 6.68. The second-order valence-corrected chi connectivity index (χ2v) is 8.95. The zero-order chi connectivity index (χ0) is 17.0. The summed E-state index contributed by atoms with van der Waals surface area (Å²) in [4.78, 5) is 0. The summed E-state index contributed by atoms with van der Waals surface area (Å²) in [5, 5.41) is 0.852. The van der Waals surface area contributed by atoms with E-state index in [-0.39, 0.29) is 23.7 Å². The summed E-state index contributed by atoms with van der Waals surface area (Å²) < 4.78 is 12.4. The van der Waals surface area contributed by atoms with Gasteiger partial charge in [-0.05, 0) is 70.0 Å². The Bertz CT molecular complexity index is 602. The van der Waals surface area contributed by atoms with Gasteiger partial charge in [0.15, 0.2) is 0 Å². The van der Waals surface area contributed by atoms with Crippen LogP contribution in [-0.4, -0.2) is 18.3 Å². The molecule has 0 radical (unpaired) electrons. The maximum atomic E-state index is 6.68. The van der Waals surface area contributed by atoms with Gasteiger partial charge in [-0.3, -0.25) is 0 Å². The summed E-state index contributed by atoms with van der Waals surface area (Å²) in [6.07, 6.45) is 5.04. The van der Waals surface area contributed by atoms with Gasteiger partial charge in [-0.2, -0.15) is 0 Å². The van der Waals surface area contributed by atoms with Crippen LogP contribution in [0, 0.1) is 6.92 Å². The average molecular weight is 335 g/mol. The van der Waals surface area contributed by atoms with E-state index in [0.717, 1.165) is 10.5 Å². The van der Waals surface area contributed by atoms with E-state index in [2.05, 4.69) is 53.7 Å². The van der Waals surface area contributed by atoms with Crippen LogP contribution in [0.5, 0.6) is 0 Å². The first-order chi connectivity index (χ1) is 10.6. The van der Waals surface area contributed by atoms with E-state index in [0.29, 0.717) is 0 Å². The molecule has 3 rings (SSSR count). The topological polar surface area (TPSA) is 18.5 Å². The Labute approximate surface area is 146 Å². The molecule has 1 aromatic carbocycles. The molecule has 0 N–H and O–H groups in total. The first-order valence-corrected chi connectivity index (χ1v) is 9.10. The molecule has 0 atom stereocenters. The largest absolute Gasteiger partial charge is 0.495 e. The van der Waals surface area contributed by atoms with Crippen molar-refractivity contribution in [2.45, 2.75) is 83.8 Å². The summed E-state index contributed by atoms with van der Waals surface area (Å²) in [6, 6.07) is 4.33. The lowest BCUT2D eigenvalue weighted by atomic mass is 9.73. The molecule has 1 saturated carbocycles. The smallest absolute Gasteiger partial charge is 0.399 e. The van der Waals surface area contributed by atoms with E-state index < -0.39 is 0 Å². The molecule has 1 aliphatic carbocycles. The molecule has 0 aromatic heterocycles. The monoisotopic (exact) mass is 334 g/mol. The Balaban J connectivity index is 1.96. The molecule has 126 valence electrons. The van der Waals surface area contributed by atoms with Gasteiger partial charge in [-0.25, -0.2) is 0 Å². The maximum Gasteiger partial charge on any atom is 0.495 e. The number of hydrogen-bond donors (Lipinski definition) is 0. The molecule has 23 heavy (non-hydrogen) atoms. The van der Waals surface area contributed by atoms with E-state index >= 15 is 0 Å². The molecule has 1 heterocycles. The van der Waals surface area contributed by atoms with Crippen LogP contribution in [0.3, 0.4) is 0 Å². The molecule has 4 heteroatoms. The van der Waals surface area contributed by atoms with E-state index in [1.807, 2.05) is 0 Å². The molecule has 0 spiro atoms. The van der Waals surface area contributed by atoms with Crippen LogP contribution in [0.15, 0.2) is 12.1 Å². The Hall–Kier alpha value is -0.505. The molecule has 0 amide bonds. The Kier molecular flexibility index (Phi) is 4.15. The van der Waals surface area contributed by atoms with Gasteiger partial charge in [-0.15, -0.1) is 0 Å². The van der Waals surface area contributed by atoms with Gasteiger partial charge < -0.3 is 9.31 Å². The number of aryl methyl sites for hydroxylation is 1. The molecule has 0 bridgehead atoms. The lowest BCUT2D eigenvalue weighted by Gasteiger charge is -2.32. The molecule has 1 aliphatic heterocycles. The highest BCUT2D eigenvalue weighted by atomic mass is 35.5. The average Bonchev–Trinajstić information content (AvgIpc) is 2.95. The van der Waals surface area contributed by atoms with Gasteiger partial charge in [0, 0.05) is 5.02 Å². The van der Waals surface area contributed by atoms with Crippen molar-refractivity contribution < 1.29 is 9.31 Å². The zero-order valence-electron chi connectivity index (χ0n) is 15.3. The second-order valence-electron chi connectivity index (χ2n) is 8.54. The maximum absolute atomic E-state index is 6.68. The van der Waals surface area contributed by atoms with Crippen LogP contribution in [0.25, 0.3) is 0 Å². The highest BCUT2D eigenvalue weighted by Gasteiger charge is 2.52. The van der Waals surface area contributed by atoms with Gasteiger partial charge in [0.05, 0.1) is 11.2 Å². The highest BCUT2D eigenvalue weighted by molar-refractivity contribution is 6.63. The summed E-state index contributed by atoms with van der Waals surface area (Å²) in [5.74, 6) is 0. The van der Waals surface area contributed by atoms with E-state index in [9.17, 15) is 0 Å². The minimum absolute atomic E-state index is 0.219. The molecular formula is C19H28BClO2. The van der Waals surface area contributed by atoms with Crippen molar-refractivity contribution in [2.24, 2.45) is 0 Å². The van der Waals surface area contributed by atoms with Gasteiger partial charge in [0.2, 0.25) is 0 Å². The van der Waals surface area contributed by atoms with Crippen molar-refractivity contribution in [3.8, 4) is 0 Å². The van der Waals surface area contributed by atoms with Crippen molar-refractivity contribution in [3.63, 3.8) is 0 Å². The van der Waals surface area contributed by atoms with E-state index in [1.165, 1.54) is 36.8 Å². The fourth-order valence-electron chi connectivity index (χ4n) is 3.81. The summed E-state index contributed by atoms with van der Waals surface area (Å²) in [5.41, 5.74) is 3.11. The third-order valence-corrected chi connectivity index (χ3v) is 6.53. The molecule has 2 aliphatic rings. The normalized spacial score (nSPS) is 25.1. The van der Waals surface area contributed by atoms with Crippen molar-refractivity contribution in [2.75, 3.05) is 0 Å². The van der Waals surface area contributed by atoms with Crippen LogP contribution in [0.1, 0.15) is 71.4 Å². The predicted molar refractivity (Wildman–Crippen MR) is 97.7 cm³/mol. The van der Waals surface area contributed by atoms with Gasteiger partial charge in [0.25, 0.3) is 0 Å². The lowest BCUT2D eigenvalue weighted by molar-refractivity contribution is 0.00578. The first kappa shape index (κ1) is 17.3. The van der Waals surface area contributed by atoms with Crippen molar-refractivity contribution in [1.82, 2.24) is 0 Å². The van der Waals surface area contributed by atoms with Crippen molar-refractivity contribution >= 4 is 24.2 Å². The number of benzene rings is 1. The highest BCUT2D eigenvalue weighted by Crippen LogP contribution is 2.44. The molecular weight excluding hydrogens is 306 g/mol. The Morgan fingerprint density at radius 2 is 1.48 bits per heavy atom. The van der Waals surface area contributed by atoms with E-state index in [1.54, 1.807) is 0 Å². The van der Waals surface area contributed by atoms with Crippen molar-refractivity contribution in [3.05, 3.63) is 28.3 Å². The van der Waals surface area contributed by atoms with E-state index in [4.69, 9.17) is 20.9 Å². The minimum atomic E-state index is -0.345. The van der Waals surface area contributed by atoms with Crippen LogP contribution in [0.2, 0.25) is 5.02 Å². The lowest BCUT2D eigenvalue weighted by Crippen LogP contribution is -2.41. The van der Waals surface area contributed by atoms with Crippen LogP contribution >= 0.6 is 11.6 Å². The Morgan fingerprint density at radius 1 is 0.957 bits per heavy atom.